The lowest BCUT2D eigenvalue weighted by molar-refractivity contribution is -0.158. The first-order chi connectivity index (χ1) is 9.82. The molecule has 0 aromatic heterocycles. The van der Waals surface area contributed by atoms with E-state index in [1.54, 1.807) is 16.8 Å². The van der Waals surface area contributed by atoms with Crippen LogP contribution in [0.3, 0.4) is 0 Å². The minimum Gasteiger partial charge on any atom is -0.342 e. The Morgan fingerprint density at radius 2 is 1.81 bits per heavy atom. The summed E-state index contributed by atoms with van der Waals surface area (Å²) in [5, 5.41) is 0. The van der Waals surface area contributed by atoms with Crippen LogP contribution in [0.5, 0.6) is 0 Å². The van der Waals surface area contributed by atoms with E-state index >= 15 is 0 Å². The van der Waals surface area contributed by atoms with Gasteiger partial charge in [0, 0.05) is 26.6 Å². The number of rotatable bonds is 3. The molecule has 0 atom stereocenters. The first-order valence-electron chi connectivity index (χ1n) is 8.08. The Balaban J connectivity index is 2.10. The fourth-order valence-corrected chi connectivity index (χ4v) is 3.82. The highest BCUT2D eigenvalue weighted by Crippen LogP contribution is 2.39. The van der Waals surface area contributed by atoms with Gasteiger partial charge in [-0.3, -0.25) is 9.59 Å². The second-order valence-corrected chi connectivity index (χ2v) is 7.27. The molecule has 0 bridgehead atoms. The lowest BCUT2D eigenvalue weighted by atomic mass is 9.71. The summed E-state index contributed by atoms with van der Waals surface area (Å²) in [6.45, 7) is 5.50. The standard InChI is InChI=1S/C16H29N3O2/c1-15(2)14(21)18(3)9-10-19(15)13(20)11-16(12-17)7-5-4-6-8-16/h4-12,17H2,1-3H3. The Morgan fingerprint density at radius 3 is 2.38 bits per heavy atom. The van der Waals surface area contributed by atoms with Gasteiger partial charge >= 0.3 is 0 Å². The van der Waals surface area contributed by atoms with E-state index < -0.39 is 5.54 Å². The van der Waals surface area contributed by atoms with Crippen LogP contribution in [0, 0.1) is 5.41 Å². The first-order valence-corrected chi connectivity index (χ1v) is 8.08. The molecule has 0 radical (unpaired) electrons. The topological polar surface area (TPSA) is 66.6 Å². The van der Waals surface area contributed by atoms with E-state index in [0.29, 0.717) is 26.1 Å². The fraction of sp³-hybridized carbons (Fsp3) is 0.875. The van der Waals surface area contributed by atoms with E-state index in [1.807, 2.05) is 13.8 Å². The van der Waals surface area contributed by atoms with Crippen molar-refractivity contribution in [1.29, 1.82) is 0 Å². The Labute approximate surface area is 127 Å². The molecule has 2 amide bonds. The van der Waals surface area contributed by atoms with Gasteiger partial charge in [0.05, 0.1) is 0 Å². The van der Waals surface area contributed by atoms with Crippen molar-refractivity contribution in [3.63, 3.8) is 0 Å². The molecule has 0 unspecified atom stereocenters. The van der Waals surface area contributed by atoms with Crippen molar-refractivity contribution in [1.82, 2.24) is 9.80 Å². The third-order valence-electron chi connectivity index (χ3n) is 5.38. The van der Waals surface area contributed by atoms with Crippen LogP contribution in [0.25, 0.3) is 0 Å². The zero-order valence-corrected chi connectivity index (χ0v) is 13.7. The highest BCUT2D eigenvalue weighted by molar-refractivity contribution is 5.92. The van der Waals surface area contributed by atoms with Gasteiger partial charge in [-0.25, -0.2) is 0 Å². The van der Waals surface area contributed by atoms with Crippen molar-refractivity contribution in [3.8, 4) is 0 Å². The lowest BCUT2D eigenvalue weighted by Crippen LogP contribution is -2.64. The van der Waals surface area contributed by atoms with Crippen molar-refractivity contribution >= 4 is 11.8 Å². The monoisotopic (exact) mass is 295 g/mol. The SMILES string of the molecule is CN1CCN(C(=O)CC2(CN)CCCCC2)C(C)(C)C1=O. The molecule has 2 aliphatic rings. The number of hydrogen-bond donors (Lipinski definition) is 1. The average molecular weight is 295 g/mol. The minimum atomic E-state index is -0.742. The molecular weight excluding hydrogens is 266 g/mol. The molecule has 1 saturated carbocycles. The van der Waals surface area contributed by atoms with Crippen LogP contribution < -0.4 is 5.73 Å². The lowest BCUT2D eigenvalue weighted by Gasteiger charge is -2.46. The summed E-state index contributed by atoms with van der Waals surface area (Å²) in [5.74, 6) is 0.112. The third kappa shape index (κ3) is 3.07. The van der Waals surface area contributed by atoms with Gasteiger partial charge in [0.15, 0.2) is 0 Å². The summed E-state index contributed by atoms with van der Waals surface area (Å²) in [6, 6.07) is 0. The molecule has 2 rings (SSSR count). The van der Waals surface area contributed by atoms with E-state index in [4.69, 9.17) is 5.73 Å². The Hall–Kier alpha value is -1.10. The van der Waals surface area contributed by atoms with Gasteiger partial charge in [-0.05, 0) is 38.6 Å². The maximum Gasteiger partial charge on any atom is 0.247 e. The predicted molar refractivity (Wildman–Crippen MR) is 82.6 cm³/mol. The van der Waals surface area contributed by atoms with Crippen LogP contribution in [-0.4, -0.2) is 53.8 Å². The molecule has 21 heavy (non-hydrogen) atoms. The first kappa shape index (κ1) is 16.3. The Kier molecular flexibility index (Phi) is 4.61. The molecule has 5 nitrogen and oxygen atoms in total. The van der Waals surface area contributed by atoms with E-state index in [-0.39, 0.29) is 17.2 Å². The largest absolute Gasteiger partial charge is 0.342 e. The van der Waals surface area contributed by atoms with Gasteiger partial charge < -0.3 is 15.5 Å². The molecule has 1 saturated heterocycles. The molecule has 1 aliphatic carbocycles. The van der Waals surface area contributed by atoms with Gasteiger partial charge in [0.1, 0.15) is 5.54 Å². The number of nitrogens with two attached hydrogens (primary N) is 1. The number of nitrogens with zero attached hydrogens (tertiary/aromatic N) is 2. The Bertz CT molecular complexity index is 414. The van der Waals surface area contributed by atoms with Gasteiger partial charge in [-0.2, -0.15) is 0 Å². The molecular formula is C16H29N3O2. The number of piperazine rings is 1. The van der Waals surface area contributed by atoms with E-state index in [9.17, 15) is 9.59 Å². The van der Waals surface area contributed by atoms with Crippen molar-refractivity contribution in [3.05, 3.63) is 0 Å². The van der Waals surface area contributed by atoms with Crippen molar-refractivity contribution < 1.29 is 9.59 Å². The van der Waals surface area contributed by atoms with Crippen molar-refractivity contribution in [2.24, 2.45) is 11.1 Å². The van der Waals surface area contributed by atoms with Crippen LogP contribution in [0.15, 0.2) is 0 Å². The number of likely N-dealkylation sites (N-methyl/N-ethyl adjacent to an activating group) is 1. The average Bonchev–Trinajstić information content (AvgIpc) is 2.45. The van der Waals surface area contributed by atoms with Gasteiger partial charge in [-0.15, -0.1) is 0 Å². The number of hydrogen-bond acceptors (Lipinski definition) is 3. The second-order valence-electron chi connectivity index (χ2n) is 7.27. The van der Waals surface area contributed by atoms with Gasteiger partial charge in [0.25, 0.3) is 0 Å². The summed E-state index contributed by atoms with van der Waals surface area (Å²) in [6.07, 6.45) is 6.14. The molecule has 1 aliphatic heterocycles. The normalized spacial score (nSPS) is 25.0. The van der Waals surface area contributed by atoms with E-state index in [1.165, 1.54) is 6.42 Å². The molecule has 0 aromatic carbocycles. The van der Waals surface area contributed by atoms with Gasteiger partial charge in [-0.1, -0.05) is 19.3 Å². The summed E-state index contributed by atoms with van der Waals surface area (Å²) in [7, 11) is 1.80. The van der Waals surface area contributed by atoms with Crippen LogP contribution in [0.2, 0.25) is 0 Å². The molecule has 0 spiro atoms. The zero-order chi connectivity index (χ0) is 15.7. The fourth-order valence-electron chi connectivity index (χ4n) is 3.82. The second kappa shape index (κ2) is 5.95. The zero-order valence-electron chi connectivity index (χ0n) is 13.7. The smallest absolute Gasteiger partial charge is 0.247 e. The number of amides is 2. The minimum absolute atomic E-state index is 0.0209. The van der Waals surface area contributed by atoms with Crippen LogP contribution in [0.1, 0.15) is 52.4 Å². The molecule has 2 fully saturated rings. The highest BCUT2D eigenvalue weighted by atomic mass is 16.2. The maximum absolute atomic E-state index is 12.8. The summed E-state index contributed by atoms with van der Waals surface area (Å²) in [4.78, 5) is 28.6. The third-order valence-corrected chi connectivity index (χ3v) is 5.38. The summed E-state index contributed by atoms with van der Waals surface area (Å²) < 4.78 is 0. The molecule has 120 valence electrons. The molecule has 0 aromatic rings. The number of carbonyl (C=O) groups is 2. The Morgan fingerprint density at radius 1 is 1.19 bits per heavy atom. The van der Waals surface area contributed by atoms with E-state index in [0.717, 1.165) is 25.7 Å². The molecule has 5 heteroatoms. The van der Waals surface area contributed by atoms with Crippen molar-refractivity contribution in [2.45, 2.75) is 57.9 Å². The van der Waals surface area contributed by atoms with Crippen LogP contribution in [0.4, 0.5) is 0 Å². The van der Waals surface area contributed by atoms with Gasteiger partial charge in [0.2, 0.25) is 11.8 Å². The highest BCUT2D eigenvalue weighted by Gasteiger charge is 2.44. The van der Waals surface area contributed by atoms with E-state index in [2.05, 4.69) is 0 Å². The maximum atomic E-state index is 12.8. The van der Waals surface area contributed by atoms with Crippen LogP contribution >= 0.6 is 0 Å². The quantitative estimate of drug-likeness (QED) is 0.855. The number of carbonyl (C=O) groups excluding carboxylic acids is 2. The summed E-state index contributed by atoms with van der Waals surface area (Å²) >= 11 is 0. The van der Waals surface area contributed by atoms with Crippen LogP contribution in [-0.2, 0) is 9.59 Å². The predicted octanol–water partition coefficient (Wildman–Crippen LogP) is 1.36. The van der Waals surface area contributed by atoms with Crippen molar-refractivity contribution in [2.75, 3.05) is 26.7 Å². The molecule has 1 heterocycles. The molecule has 2 N–H and O–H groups in total. The summed E-state index contributed by atoms with van der Waals surface area (Å²) in [5.41, 5.74) is 5.20.